The number of aromatic nitrogens is 5. The molecule has 0 aliphatic rings. The molecule has 3 heterocycles. The van der Waals surface area contributed by atoms with Crippen molar-refractivity contribution in [2.24, 2.45) is 7.05 Å². The van der Waals surface area contributed by atoms with Crippen LogP contribution in [0, 0.1) is 0 Å². The maximum atomic E-state index is 4.54. The van der Waals surface area contributed by atoms with Crippen LogP contribution in [0.25, 0.3) is 5.65 Å². The largest absolute Gasteiger partial charge is 0.363 e. The van der Waals surface area contributed by atoms with Gasteiger partial charge in [0.1, 0.15) is 5.82 Å². The second kappa shape index (κ2) is 4.96. The Kier molecular flexibility index (Phi) is 3.14. The lowest BCUT2D eigenvalue weighted by Crippen LogP contribution is -2.11. The average molecular weight is 270 g/mol. The first-order valence-corrected chi connectivity index (χ1v) is 6.76. The van der Waals surface area contributed by atoms with Gasteiger partial charge in [-0.25, -0.2) is 4.98 Å². The van der Waals surface area contributed by atoms with E-state index in [1.165, 1.54) is 0 Å². The topological polar surface area (TPSA) is 60.0 Å². The van der Waals surface area contributed by atoms with Crippen LogP contribution in [-0.2, 0) is 13.5 Å². The van der Waals surface area contributed by atoms with Crippen molar-refractivity contribution in [2.45, 2.75) is 26.3 Å². The highest BCUT2D eigenvalue weighted by atomic mass is 15.3. The normalized spacial score (nSPS) is 12.8. The van der Waals surface area contributed by atoms with Gasteiger partial charge in [-0.05, 0) is 13.3 Å². The number of fused-ring (bicyclic) bond motifs is 1. The van der Waals surface area contributed by atoms with Gasteiger partial charge in [-0.3, -0.25) is 4.68 Å². The van der Waals surface area contributed by atoms with Crippen LogP contribution < -0.4 is 5.32 Å². The predicted molar refractivity (Wildman–Crippen MR) is 77.6 cm³/mol. The van der Waals surface area contributed by atoms with Gasteiger partial charge in [0.15, 0.2) is 5.65 Å². The summed E-state index contributed by atoms with van der Waals surface area (Å²) in [4.78, 5) is 4.54. The second-order valence-electron chi connectivity index (χ2n) is 4.90. The standard InChI is InChI=1S/C14H18N6/c1-4-12-7-14(20-13(18-12)5-6-15-20)17-10(2)11-8-16-19(3)9-11/h5-10,17H,4H2,1-3H3/t10-/m0/s1. The maximum absolute atomic E-state index is 4.54. The smallest absolute Gasteiger partial charge is 0.157 e. The van der Waals surface area contributed by atoms with Crippen LogP contribution in [0.3, 0.4) is 0 Å². The molecule has 0 spiro atoms. The third kappa shape index (κ3) is 2.24. The van der Waals surface area contributed by atoms with E-state index in [2.05, 4.69) is 34.3 Å². The van der Waals surface area contributed by atoms with Crippen LogP contribution in [0.5, 0.6) is 0 Å². The van der Waals surface area contributed by atoms with E-state index in [9.17, 15) is 0 Å². The SMILES string of the molecule is CCc1cc(N[C@@H](C)c2cnn(C)c2)n2nccc2n1. The molecule has 0 fully saturated rings. The highest BCUT2D eigenvalue weighted by Crippen LogP contribution is 2.20. The summed E-state index contributed by atoms with van der Waals surface area (Å²) in [6, 6.07) is 4.12. The Hall–Kier alpha value is -2.37. The first kappa shape index (κ1) is 12.7. The van der Waals surface area contributed by atoms with E-state index in [4.69, 9.17) is 0 Å². The quantitative estimate of drug-likeness (QED) is 0.789. The molecule has 0 amide bonds. The molecule has 0 unspecified atom stereocenters. The molecule has 1 N–H and O–H groups in total. The highest BCUT2D eigenvalue weighted by molar-refractivity contribution is 5.50. The summed E-state index contributed by atoms with van der Waals surface area (Å²) >= 11 is 0. The molecule has 104 valence electrons. The van der Waals surface area contributed by atoms with Crippen molar-refractivity contribution in [1.82, 2.24) is 24.4 Å². The Balaban J connectivity index is 1.95. The van der Waals surface area contributed by atoms with E-state index in [0.29, 0.717) is 0 Å². The minimum atomic E-state index is 0.156. The summed E-state index contributed by atoms with van der Waals surface area (Å²) in [5, 5.41) is 12.0. The van der Waals surface area contributed by atoms with Gasteiger partial charge in [-0.2, -0.15) is 14.7 Å². The molecule has 0 aromatic carbocycles. The molecule has 3 aromatic rings. The summed E-state index contributed by atoms with van der Waals surface area (Å²) < 4.78 is 3.63. The molecule has 1 atom stereocenters. The van der Waals surface area contributed by atoms with Crippen molar-refractivity contribution in [3.05, 3.63) is 42.0 Å². The molecular formula is C14H18N6. The predicted octanol–water partition coefficient (Wildman–Crippen LogP) is 2.20. The minimum absolute atomic E-state index is 0.156. The van der Waals surface area contributed by atoms with E-state index in [-0.39, 0.29) is 6.04 Å². The van der Waals surface area contributed by atoms with Crippen molar-refractivity contribution >= 4 is 11.5 Å². The van der Waals surface area contributed by atoms with Crippen molar-refractivity contribution in [2.75, 3.05) is 5.32 Å². The minimum Gasteiger partial charge on any atom is -0.363 e. The lowest BCUT2D eigenvalue weighted by atomic mass is 10.2. The molecule has 3 aromatic heterocycles. The Labute approximate surface area is 117 Å². The van der Waals surface area contributed by atoms with Crippen molar-refractivity contribution < 1.29 is 0 Å². The second-order valence-corrected chi connectivity index (χ2v) is 4.90. The lowest BCUT2D eigenvalue weighted by Gasteiger charge is -2.15. The van der Waals surface area contributed by atoms with Gasteiger partial charge in [-0.15, -0.1) is 0 Å². The number of nitrogens with zero attached hydrogens (tertiary/aromatic N) is 5. The van der Waals surface area contributed by atoms with Crippen molar-refractivity contribution in [3.63, 3.8) is 0 Å². The van der Waals surface area contributed by atoms with E-state index in [1.54, 1.807) is 10.9 Å². The fourth-order valence-corrected chi connectivity index (χ4v) is 2.22. The molecular weight excluding hydrogens is 252 g/mol. The van der Waals surface area contributed by atoms with Gasteiger partial charge in [0.05, 0.1) is 18.4 Å². The van der Waals surface area contributed by atoms with Gasteiger partial charge in [0, 0.05) is 36.6 Å². The first-order chi connectivity index (χ1) is 9.67. The summed E-state index contributed by atoms with van der Waals surface area (Å²) in [5.74, 6) is 0.952. The molecule has 0 aliphatic heterocycles. The molecule has 0 radical (unpaired) electrons. The molecule has 6 heteroatoms. The number of hydrogen-bond acceptors (Lipinski definition) is 4. The molecule has 0 saturated heterocycles. The van der Waals surface area contributed by atoms with Gasteiger partial charge >= 0.3 is 0 Å². The van der Waals surface area contributed by atoms with Gasteiger partial charge in [0.25, 0.3) is 0 Å². The molecule has 20 heavy (non-hydrogen) atoms. The summed E-state index contributed by atoms with van der Waals surface area (Å²) in [7, 11) is 1.92. The molecule has 0 aliphatic carbocycles. The number of rotatable bonds is 4. The van der Waals surface area contributed by atoms with Crippen LogP contribution in [0.2, 0.25) is 0 Å². The number of nitrogens with one attached hydrogen (secondary N) is 1. The van der Waals surface area contributed by atoms with E-state index < -0.39 is 0 Å². The van der Waals surface area contributed by atoms with Gasteiger partial charge < -0.3 is 5.32 Å². The Morgan fingerprint density at radius 1 is 1.35 bits per heavy atom. The Morgan fingerprint density at radius 3 is 2.90 bits per heavy atom. The summed E-state index contributed by atoms with van der Waals surface area (Å²) in [6.45, 7) is 4.21. The van der Waals surface area contributed by atoms with Crippen molar-refractivity contribution in [3.8, 4) is 0 Å². The first-order valence-electron chi connectivity index (χ1n) is 6.76. The molecule has 3 rings (SSSR count). The van der Waals surface area contributed by atoms with E-state index in [1.807, 2.05) is 36.1 Å². The van der Waals surface area contributed by atoms with E-state index in [0.717, 1.165) is 29.1 Å². The van der Waals surface area contributed by atoms with Crippen molar-refractivity contribution in [1.29, 1.82) is 0 Å². The Bertz CT molecular complexity index is 726. The van der Waals surface area contributed by atoms with Gasteiger partial charge in [0.2, 0.25) is 0 Å². The van der Waals surface area contributed by atoms with Crippen LogP contribution in [-0.4, -0.2) is 24.4 Å². The summed E-state index contributed by atoms with van der Waals surface area (Å²) in [5.41, 5.74) is 3.06. The lowest BCUT2D eigenvalue weighted by molar-refractivity contribution is 0.764. The van der Waals surface area contributed by atoms with Crippen LogP contribution in [0.4, 0.5) is 5.82 Å². The summed E-state index contributed by atoms with van der Waals surface area (Å²) in [6.07, 6.45) is 6.55. The average Bonchev–Trinajstić information content (AvgIpc) is 3.06. The van der Waals surface area contributed by atoms with Crippen LogP contribution >= 0.6 is 0 Å². The molecule has 0 bridgehead atoms. The zero-order valence-electron chi connectivity index (χ0n) is 11.9. The number of aryl methyl sites for hydroxylation is 2. The molecule has 6 nitrogen and oxygen atoms in total. The van der Waals surface area contributed by atoms with E-state index >= 15 is 0 Å². The van der Waals surface area contributed by atoms with Crippen LogP contribution in [0.1, 0.15) is 31.1 Å². The Morgan fingerprint density at radius 2 is 2.20 bits per heavy atom. The van der Waals surface area contributed by atoms with Crippen LogP contribution in [0.15, 0.2) is 30.7 Å². The molecule has 0 saturated carbocycles. The fraction of sp³-hybridized carbons (Fsp3) is 0.357. The fourth-order valence-electron chi connectivity index (χ4n) is 2.22. The maximum Gasteiger partial charge on any atom is 0.157 e. The zero-order chi connectivity index (χ0) is 14.1. The number of anilines is 1. The number of hydrogen-bond donors (Lipinski definition) is 1. The monoisotopic (exact) mass is 270 g/mol. The van der Waals surface area contributed by atoms with Gasteiger partial charge in [-0.1, -0.05) is 6.92 Å². The highest BCUT2D eigenvalue weighted by Gasteiger charge is 2.11. The third-order valence-corrected chi connectivity index (χ3v) is 3.36. The third-order valence-electron chi connectivity index (χ3n) is 3.36. The zero-order valence-corrected chi connectivity index (χ0v) is 11.9.